The van der Waals surface area contributed by atoms with Gasteiger partial charge in [0.25, 0.3) is 0 Å². The molecule has 17 heavy (non-hydrogen) atoms. The lowest BCUT2D eigenvalue weighted by Crippen LogP contribution is -2.17. The van der Waals surface area contributed by atoms with Gasteiger partial charge in [0.05, 0.1) is 5.75 Å². The highest BCUT2D eigenvalue weighted by Gasteiger charge is 2.01. The molecule has 1 aromatic rings. The Morgan fingerprint density at radius 2 is 1.71 bits per heavy atom. The number of ether oxygens (including phenoxy) is 1. The quantitative estimate of drug-likeness (QED) is 0.714. The van der Waals surface area contributed by atoms with Crippen LogP contribution in [0.25, 0.3) is 0 Å². The maximum atomic E-state index is 10.6. The van der Waals surface area contributed by atoms with Gasteiger partial charge in [-0.1, -0.05) is 30.3 Å². The standard InChI is InChI=1S/C12H19NO3S/c13-17(14,15)11-5-10-16-9-4-8-12-6-2-1-3-7-12/h1-3,6-7H,4-5,8-11H2,(H2,13,14,15). The number of hydrogen-bond acceptors (Lipinski definition) is 3. The fraction of sp³-hybridized carbons (Fsp3) is 0.500. The van der Waals surface area contributed by atoms with E-state index in [1.54, 1.807) is 0 Å². The Kier molecular flexibility index (Phi) is 6.18. The Hall–Kier alpha value is -0.910. The maximum Gasteiger partial charge on any atom is 0.209 e. The van der Waals surface area contributed by atoms with Gasteiger partial charge in [-0.25, -0.2) is 13.6 Å². The molecule has 0 aromatic heterocycles. The molecule has 0 aliphatic heterocycles. The van der Waals surface area contributed by atoms with Crippen molar-refractivity contribution in [3.8, 4) is 0 Å². The molecule has 0 aliphatic carbocycles. The highest BCUT2D eigenvalue weighted by atomic mass is 32.2. The molecule has 0 amide bonds. The smallest absolute Gasteiger partial charge is 0.209 e. The summed E-state index contributed by atoms with van der Waals surface area (Å²) >= 11 is 0. The van der Waals surface area contributed by atoms with Gasteiger partial charge >= 0.3 is 0 Å². The predicted octanol–water partition coefficient (Wildman–Crippen LogP) is 1.31. The number of hydrogen-bond donors (Lipinski definition) is 1. The summed E-state index contributed by atoms with van der Waals surface area (Å²) in [5.41, 5.74) is 1.29. The fourth-order valence-electron chi connectivity index (χ4n) is 1.49. The van der Waals surface area contributed by atoms with Gasteiger partial charge in [0.2, 0.25) is 10.0 Å². The Morgan fingerprint density at radius 3 is 2.35 bits per heavy atom. The zero-order valence-electron chi connectivity index (χ0n) is 9.84. The van der Waals surface area contributed by atoms with Crippen LogP contribution in [0.15, 0.2) is 30.3 Å². The number of aryl methyl sites for hydroxylation is 1. The van der Waals surface area contributed by atoms with E-state index in [1.807, 2.05) is 18.2 Å². The molecule has 4 nitrogen and oxygen atoms in total. The lowest BCUT2D eigenvalue weighted by molar-refractivity contribution is 0.133. The highest BCUT2D eigenvalue weighted by molar-refractivity contribution is 7.89. The van der Waals surface area contributed by atoms with Gasteiger partial charge in [-0.3, -0.25) is 0 Å². The van der Waals surface area contributed by atoms with E-state index in [0.717, 1.165) is 12.8 Å². The largest absolute Gasteiger partial charge is 0.381 e. The second-order valence-electron chi connectivity index (χ2n) is 3.92. The molecule has 0 atom stereocenters. The average Bonchev–Trinajstić information content (AvgIpc) is 2.28. The van der Waals surface area contributed by atoms with Crippen molar-refractivity contribution in [2.24, 2.45) is 5.14 Å². The SMILES string of the molecule is NS(=O)(=O)CCCOCCCc1ccccc1. The molecule has 5 heteroatoms. The minimum absolute atomic E-state index is 0.00825. The number of primary sulfonamides is 1. The normalized spacial score (nSPS) is 11.6. The number of nitrogens with two attached hydrogens (primary N) is 1. The van der Waals surface area contributed by atoms with Crippen LogP contribution in [0.1, 0.15) is 18.4 Å². The van der Waals surface area contributed by atoms with Crippen molar-refractivity contribution in [3.05, 3.63) is 35.9 Å². The van der Waals surface area contributed by atoms with Crippen molar-refractivity contribution in [2.75, 3.05) is 19.0 Å². The van der Waals surface area contributed by atoms with Gasteiger partial charge in [0.1, 0.15) is 0 Å². The van der Waals surface area contributed by atoms with E-state index in [9.17, 15) is 8.42 Å². The van der Waals surface area contributed by atoms with Crippen molar-refractivity contribution in [1.82, 2.24) is 0 Å². The Morgan fingerprint density at radius 1 is 1.06 bits per heavy atom. The molecule has 0 unspecified atom stereocenters. The lowest BCUT2D eigenvalue weighted by Gasteiger charge is -2.04. The number of rotatable bonds is 8. The molecule has 0 spiro atoms. The molecular weight excluding hydrogens is 238 g/mol. The summed E-state index contributed by atoms with van der Waals surface area (Å²) in [4.78, 5) is 0. The van der Waals surface area contributed by atoms with Crippen LogP contribution in [-0.4, -0.2) is 27.4 Å². The van der Waals surface area contributed by atoms with Gasteiger partial charge in [-0.2, -0.15) is 0 Å². The van der Waals surface area contributed by atoms with Crippen LogP contribution in [0.4, 0.5) is 0 Å². The van der Waals surface area contributed by atoms with Crippen LogP contribution in [0.2, 0.25) is 0 Å². The zero-order chi connectivity index (χ0) is 12.6. The van der Waals surface area contributed by atoms with E-state index >= 15 is 0 Å². The second-order valence-corrected chi connectivity index (χ2v) is 5.66. The van der Waals surface area contributed by atoms with Gasteiger partial charge in [-0.15, -0.1) is 0 Å². The molecule has 96 valence electrons. The van der Waals surface area contributed by atoms with E-state index in [2.05, 4.69) is 12.1 Å². The third kappa shape index (κ3) is 7.90. The van der Waals surface area contributed by atoms with Crippen LogP contribution in [-0.2, 0) is 21.2 Å². The Labute approximate surface area is 103 Å². The summed E-state index contributed by atoms with van der Waals surface area (Å²) in [5, 5.41) is 4.87. The average molecular weight is 257 g/mol. The fourth-order valence-corrected chi connectivity index (χ4v) is 2.01. The highest BCUT2D eigenvalue weighted by Crippen LogP contribution is 2.02. The third-order valence-electron chi connectivity index (χ3n) is 2.31. The molecule has 0 heterocycles. The molecule has 0 aliphatic rings. The zero-order valence-corrected chi connectivity index (χ0v) is 10.7. The Bertz CT molecular complexity index is 403. The monoisotopic (exact) mass is 257 g/mol. The molecule has 2 N–H and O–H groups in total. The van der Waals surface area contributed by atoms with Crippen LogP contribution in [0.3, 0.4) is 0 Å². The second kappa shape index (κ2) is 7.42. The van der Waals surface area contributed by atoms with Gasteiger partial charge < -0.3 is 4.74 Å². The molecule has 0 saturated carbocycles. The van der Waals surface area contributed by atoms with Crippen molar-refractivity contribution in [3.63, 3.8) is 0 Å². The van der Waals surface area contributed by atoms with Crippen LogP contribution in [0, 0.1) is 0 Å². The first-order chi connectivity index (χ1) is 8.08. The van der Waals surface area contributed by atoms with Gasteiger partial charge in [0, 0.05) is 13.2 Å². The van der Waals surface area contributed by atoms with E-state index < -0.39 is 10.0 Å². The van der Waals surface area contributed by atoms with E-state index in [-0.39, 0.29) is 5.75 Å². The summed E-state index contributed by atoms with van der Waals surface area (Å²) in [6, 6.07) is 10.2. The number of benzene rings is 1. The first kappa shape index (κ1) is 14.2. The van der Waals surface area contributed by atoms with E-state index in [0.29, 0.717) is 19.6 Å². The molecule has 0 fully saturated rings. The molecule has 1 rings (SSSR count). The first-order valence-electron chi connectivity index (χ1n) is 5.70. The summed E-state index contributed by atoms with van der Waals surface area (Å²) < 4.78 is 26.6. The summed E-state index contributed by atoms with van der Waals surface area (Å²) in [7, 11) is -3.34. The summed E-state index contributed by atoms with van der Waals surface area (Å²) in [5.74, 6) is -0.00825. The molecular formula is C12H19NO3S. The van der Waals surface area contributed by atoms with Crippen LogP contribution in [0.5, 0.6) is 0 Å². The number of sulfonamides is 1. The summed E-state index contributed by atoms with van der Waals surface area (Å²) in [6.07, 6.45) is 2.39. The molecule has 0 bridgehead atoms. The van der Waals surface area contributed by atoms with Crippen molar-refractivity contribution in [1.29, 1.82) is 0 Å². The summed E-state index contributed by atoms with van der Waals surface area (Å²) in [6.45, 7) is 1.10. The van der Waals surface area contributed by atoms with Crippen molar-refractivity contribution >= 4 is 10.0 Å². The van der Waals surface area contributed by atoms with E-state index in [1.165, 1.54) is 5.56 Å². The van der Waals surface area contributed by atoms with Crippen molar-refractivity contribution < 1.29 is 13.2 Å². The van der Waals surface area contributed by atoms with Gasteiger partial charge in [0.15, 0.2) is 0 Å². The first-order valence-corrected chi connectivity index (χ1v) is 7.41. The topological polar surface area (TPSA) is 69.4 Å². The molecule has 0 saturated heterocycles. The predicted molar refractivity (Wildman–Crippen MR) is 68.2 cm³/mol. The molecule has 1 aromatic carbocycles. The van der Waals surface area contributed by atoms with E-state index in [4.69, 9.17) is 9.88 Å². The maximum absolute atomic E-state index is 10.6. The minimum Gasteiger partial charge on any atom is -0.381 e. The Balaban J connectivity index is 1.99. The lowest BCUT2D eigenvalue weighted by atomic mass is 10.1. The van der Waals surface area contributed by atoms with Gasteiger partial charge in [-0.05, 0) is 24.8 Å². The van der Waals surface area contributed by atoms with Crippen LogP contribution < -0.4 is 5.14 Å². The van der Waals surface area contributed by atoms with Crippen molar-refractivity contribution in [2.45, 2.75) is 19.3 Å². The molecule has 0 radical (unpaired) electrons. The minimum atomic E-state index is -3.34. The third-order valence-corrected chi connectivity index (χ3v) is 3.17. The van der Waals surface area contributed by atoms with Crippen LogP contribution >= 0.6 is 0 Å².